The van der Waals surface area contributed by atoms with E-state index in [1.165, 1.54) is 22.3 Å². The number of hydrazine groups is 1. The van der Waals surface area contributed by atoms with Crippen LogP contribution in [0.1, 0.15) is 49.2 Å². The van der Waals surface area contributed by atoms with Gasteiger partial charge in [-0.05, 0) is 55.6 Å². The smallest absolute Gasteiger partial charge is 0.0986 e. The molecule has 1 rings (SSSR count). The second-order valence-electron chi connectivity index (χ2n) is 6.31. The van der Waals surface area contributed by atoms with Crippen LogP contribution < -0.4 is 11.3 Å². The molecule has 0 aromatic heterocycles. The minimum absolute atomic E-state index is 0.0546. The Bertz CT molecular complexity index is 393. The van der Waals surface area contributed by atoms with Crippen LogP contribution in [0.2, 0.25) is 0 Å². The molecule has 0 aliphatic rings. The van der Waals surface area contributed by atoms with Gasteiger partial charge in [0.25, 0.3) is 0 Å². The second kappa shape index (κ2) is 5.39. The summed E-state index contributed by atoms with van der Waals surface area (Å²) < 4.78 is 0. The fraction of sp³-hybridized carbons (Fsp3) is 0.600. The van der Waals surface area contributed by atoms with E-state index in [0.29, 0.717) is 0 Å². The molecule has 0 bridgehead atoms. The van der Waals surface area contributed by atoms with E-state index in [2.05, 4.69) is 57.1 Å². The summed E-state index contributed by atoms with van der Waals surface area (Å²) in [7, 11) is 4.06. The number of nitrogens with one attached hydrogen (secondary N) is 1. The molecular weight excluding hydrogens is 222 g/mol. The molecule has 3 heteroatoms. The molecule has 0 spiro atoms. The topological polar surface area (TPSA) is 41.3 Å². The lowest BCUT2D eigenvalue weighted by molar-refractivity contribution is 0.251. The fourth-order valence-corrected chi connectivity index (χ4v) is 2.33. The first kappa shape index (κ1) is 15.2. The normalized spacial score (nSPS) is 14.1. The number of nitrogens with zero attached hydrogens (tertiary/aromatic N) is 1. The number of hydrogen-bond acceptors (Lipinski definition) is 3. The molecule has 0 aliphatic carbocycles. The van der Waals surface area contributed by atoms with Crippen LogP contribution in [0.3, 0.4) is 0 Å². The Morgan fingerprint density at radius 3 is 1.83 bits per heavy atom. The van der Waals surface area contributed by atoms with Crippen LogP contribution >= 0.6 is 0 Å². The van der Waals surface area contributed by atoms with Crippen molar-refractivity contribution in [2.24, 2.45) is 5.84 Å². The molecule has 3 N–H and O–H groups in total. The van der Waals surface area contributed by atoms with E-state index in [9.17, 15) is 0 Å². The molecule has 0 aliphatic heterocycles. The molecule has 0 heterocycles. The van der Waals surface area contributed by atoms with Crippen LogP contribution in [-0.2, 0) is 5.41 Å². The van der Waals surface area contributed by atoms with Crippen LogP contribution in [0, 0.1) is 13.8 Å². The highest BCUT2D eigenvalue weighted by atomic mass is 15.4. The van der Waals surface area contributed by atoms with Gasteiger partial charge in [-0.15, -0.1) is 0 Å². The fourth-order valence-electron chi connectivity index (χ4n) is 2.33. The zero-order valence-electron chi connectivity index (χ0n) is 12.8. The van der Waals surface area contributed by atoms with Gasteiger partial charge in [-0.1, -0.05) is 32.9 Å². The van der Waals surface area contributed by atoms with E-state index in [0.717, 1.165) is 0 Å². The van der Waals surface area contributed by atoms with Crippen LogP contribution in [-0.4, -0.2) is 19.0 Å². The summed E-state index contributed by atoms with van der Waals surface area (Å²) in [6, 6.07) is 4.55. The van der Waals surface area contributed by atoms with E-state index in [4.69, 9.17) is 5.84 Å². The molecule has 1 aromatic rings. The molecule has 3 nitrogen and oxygen atoms in total. The third kappa shape index (κ3) is 3.10. The molecule has 1 atom stereocenters. The maximum Gasteiger partial charge on any atom is 0.0986 e. The van der Waals surface area contributed by atoms with Gasteiger partial charge in [-0.3, -0.25) is 10.7 Å². The molecule has 1 aromatic carbocycles. The molecule has 102 valence electrons. The SMILES string of the molecule is Cc1cc(C(C)(C)C)cc(C)c1C(NN)N(C)C. The van der Waals surface area contributed by atoms with Crippen molar-refractivity contribution in [3.05, 3.63) is 34.4 Å². The summed E-state index contributed by atoms with van der Waals surface area (Å²) in [5.41, 5.74) is 8.28. The average Bonchev–Trinajstić information content (AvgIpc) is 2.20. The maximum absolute atomic E-state index is 5.68. The first-order valence-corrected chi connectivity index (χ1v) is 6.42. The zero-order valence-corrected chi connectivity index (χ0v) is 12.8. The van der Waals surface area contributed by atoms with Crippen molar-refractivity contribution in [2.45, 2.75) is 46.2 Å². The third-order valence-electron chi connectivity index (χ3n) is 3.41. The minimum atomic E-state index is 0.0546. The second-order valence-corrected chi connectivity index (χ2v) is 6.31. The van der Waals surface area contributed by atoms with Crippen LogP contribution in [0.4, 0.5) is 0 Å². The van der Waals surface area contributed by atoms with E-state index in [1.807, 2.05) is 14.1 Å². The van der Waals surface area contributed by atoms with Gasteiger partial charge in [0.05, 0.1) is 6.17 Å². The number of nitrogens with two attached hydrogens (primary N) is 1. The van der Waals surface area contributed by atoms with Crippen molar-refractivity contribution in [3.8, 4) is 0 Å². The summed E-state index contributed by atoms with van der Waals surface area (Å²) in [5.74, 6) is 5.68. The van der Waals surface area contributed by atoms with E-state index < -0.39 is 0 Å². The molecule has 0 amide bonds. The summed E-state index contributed by atoms with van der Waals surface area (Å²) in [6.45, 7) is 11.0. The van der Waals surface area contributed by atoms with Gasteiger partial charge in [0.15, 0.2) is 0 Å². The molecule has 18 heavy (non-hydrogen) atoms. The summed E-state index contributed by atoms with van der Waals surface area (Å²) in [5, 5.41) is 0. The minimum Gasteiger partial charge on any atom is -0.289 e. The van der Waals surface area contributed by atoms with E-state index >= 15 is 0 Å². The van der Waals surface area contributed by atoms with E-state index in [1.54, 1.807) is 0 Å². The first-order chi connectivity index (χ1) is 8.18. The van der Waals surface area contributed by atoms with Crippen molar-refractivity contribution in [2.75, 3.05) is 14.1 Å². The standard InChI is InChI=1S/C15H27N3/c1-10-8-12(15(3,4)5)9-11(2)13(10)14(17-16)18(6)7/h8-9,14,17H,16H2,1-7H3. The Hall–Kier alpha value is -0.900. The van der Waals surface area contributed by atoms with Crippen molar-refractivity contribution in [1.29, 1.82) is 0 Å². The first-order valence-electron chi connectivity index (χ1n) is 6.42. The van der Waals surface area contributed by atoms with Crippen molar-refractivity contribution in [1.82, 2.24) is 10.3 Å². The molecule has 0 saturated heterocycles. The molecule has 0 saturated carbocycles. The lowest BCUT2D eigenvalue weighted by atomic mass is 9.83. The lowest BCUT2D eigenvalue weighted by Crippen LogP contribution is -2.38. The predicted molar refractivity (Wildman–Crippen MR) is 78.4 cm³/mol. The van der Waals surface area contributed by atoms with Crippen LogP contribution in [0.15, 0.2) is 12.1 Å². The van der Waals surface area contributed by atoms with Crippen LogP contribution in [0.25, 0.3) is 0 Å². The monoisotopic (exact) mass is 249 g/mol. The Kier molecular flexibility index (Phi) is 4.54. The number of rotatable bonds is 3. The van der Waals surface area contributed by atoms with E-state index in [-0.39, 0.29) is 11.6 Å². The van der Waals surface area contributed by atoms with Crippen LogP contribution in [0.5, 0.6) is 0 Å². The van der Waals surface area contributed by atoms with Crippen molar-refractivity contribution in [3.63, 3.8) is 0 Å². The Morgan fingerprint density at radius 2 is 1.56 bits per heavy atom. The maximum atomic E-state index is 5.68. The largest absolute Gasteiger partial charge is 0.289 e. The van der Waals surface area contributed by atoms with Gasteiger partial charge < -0.3 is 0 Å². The van der Waals surface area contributed by atoms with Gasteiger partial charge in [-0.25, -0.2) is 5.43 Å². The van der Waals surface area contributed by atoms with Crippen molar-refractivity contribution < 1.29 is 0 Å². The van der Waals surface area contributed by atoms with Gasteiger partial charge in [0, 0.05) is 0 Å². The quantitative estimate of drug-likeness (QED) is 0.491. The average molecular weight is 249 g/mol. The molecule has 0 fully saturated rings. The Labute approximate surface area is 111 Å². The number of hydrogen-bond donors (Lipinski definition) is 2. The summed E-state index contributed by atoms with van der Waals surface area (Å²) in [6.07, 6.45) is 0.0546. The van der Waals surface area contributed by atoms with Crippen molar-refractivity contribution >= 4 is 0 Å². The van der Waals surface area contributed by atoms with Gasteiger partial charge in [-0.2, -0.15) is 0 Å². The zero-order chi connectivity index (χ0) is 14.1. The Balaban J connectivity index is 3.32. The third-order valence-corrected chi connectivity index (χ3v) is 3.41. The summed E-state index contributed by atoms with van der Waals surface area (Å²) in [4.78, 5) is 2.09. The summed E-state index contributed by atoms with van der Waals surface area (Å²) >= 11 is 0. The Morgan fingerprint density at radius 1 is 1.11 bits per heavy atom. The van der Waals surface area contributed by atoms with Gasteiger partial charge >= 0.3 is 0 Å². The molecule has 0 radical (unpaired) electrons. The number of benzene rings is 1. The highest BCUT2D eigenvalue weighted by molar-refractivity contribution is 5.42. The highest BCUT2D eigenvalue weighted by Gasteiger charge is 2.21. The predicted octanol–water partition coefficient (Wildman–Crippen LogP) is 2.62. The van der Waals surface area contributed by atoms with Gasteiger partial charge in [0.1, 0.15) is 0 Å². The highest BCUT2D eigenvalue weighted by Crippen LogP contribution is 2.30. The number of aryl methyl sites for hydroxylation is 2. The lowest BCUT2D eigenvalue weighted by Gasteiger charge is -2.29. The molecular formula is C15H27N3. The van der Waals surface area contributed by atoms with Gasteiger partial charge in [0.2, 0.25) is 0 Å². The molecule has 1 unspecified atom stereocenters.